The van der Waals surface area contributed by atoms with Crippen LogP contribution in [0.2, 0.25) is 5.02 Å². The molecular formula is C19H13ClF3N5. The van der Waals surface area contributed by atoms with Crippen LogP contribution in [-0.4, -0.2) is 19.5 Å². The van der Waals surface area contributed by atoms with Crippen LogP contribution in [0.3, 0.4) is 0 Å². The fourth-order valence-corrected chi connectivity index (χ4v) is 3.04. The molecule has 0 saturated heterocycles. The van der Waals surface area contributed by atoms with Crippen molar-refractivity contribution in [2.24, 2.45) is 0 Å². The van der Waals surface area contributed by atoms with Crippen molar-refractivity contribution < 1.29 is 13.2 Å². The molecule has 0 radical (unpaired) electrons. The summed E-state index contributed by atoms with van der Waals surface area (Å²) in [6, 6.07) is 10.1. The van der Waals surface area contributed by atoms with Gasteiger partial charge >= 0.3 is 6.18 Å². The van der Waals surface area contributed by atoms with Crippen LogP contribution in [0.1, 0.15) is 11.4 Å². The Bertz CT molecular complexity index is 1150. The fourth-order valence-electron chi connectivity index (χ4n) is 2.88. The number of nitrogens with one attached hydrogen (secondary N) is 1. The lowest BCUT2D eigenvalue weighted by atomic mass is 10.2. The van der Waals surface area contributed by atoms with Gasteiger partial charge in [-0.25, -0.2) is 9.97 Å². The number of halogens is 4. The Morgan fingerprint density at radius 2 is 1.75 bits per heavy atom. The normalized spacial score (nSPS) is 11.8. The third-order valence-electron chi connectivity index (χ3n) is 4.12. The van der Waals surface area contributed by atoms with E-state index in [2.05, 4.69) is 20.3 Å². The average Bonchev–Trinajstić information content (AvgIpc) is 2.96. The summed E-state index contributed by atoms with van der Waals surface area (Å²) in [6.45, 7) is 1.84. The predicted octanol–water partition coefficient (Wildman–Crippen LogP) is 5.54. The molecule has 0 saturated carbocycles. The molecule has 5 nitrogen and oxygen atoms in total. The predicted molar refractivity (Wildman–Crippen MR) is 101 cm³/mol. The van der Waals surface area contributed by atoms with Gasteiger partial charge in [0.15, 0.2) is 11.6 Å². The molecule has 0 spiro atoms. The summed E-state index contributed by atoms with van der Waals surface area (Å²) in [4.78, 5) is 13.2. The fraction of sp³-hybridized carbons (Fsp3) is 0.105. The van der Waals surface area contributed by atoms with Crippen molar-refractivity contribution in [3.63, 3.8) is 0 Å². The van der Waals surface area contributed by atoms with E-state index in [1.165, 1.54) is 18.3 Å². The van der Waals surface area contributed by atoms with Crippen LogP contribution < -0.4 is 5.32 Å². The molecular weight excluding hydrogens is 391 g/mol. The van der Waals surface area contributed by atoms with E-state index in [1.807, 2.05) is 17.6 Å². The molecule has 0 unspecified atom stereocenters. The van der Waals surface area contributed by atoms with E-state index in [9.17, 15) is 13.2 Å². The van der Waals surface area contributed by atoms with Gasteiger partial charge in [0.2, 0.25) is 0 Å². The molecule has 28 heavy (non-hydrogen) atoms. The zero-order valence-electron chi connectivity index (χ0n) is 14.5. The monoisotopic (exact) mass is 403 g/mol. The summed E-state index contributed by atoms with van der Waals surface area (Å²) in [5.74, 6) is 1.63. The van der Waals surface area contributed by atoms with E-state index in [0.29, 0.717) is 28.2 Å². The number of nitrogens with zero attached hydrogens (tertiary/aromatic N) is 4. The minimum Gasteiger partial charge on any atom is -0.339 e. The highest BCUT2D eigenvalue weighted by Gasteiger charge is 2.29. The maximum atomic E-state index is 12.7. The number of benzene rings is 2. The van der Waals surface area contributed by atoms with Crippen LogP contribution in [0.15, 0.2) is 54.9 Å². The highest BCUT2D eigenvalue weighted by atomic mass is 35.5. The smallest absolute Gasteiger partial charge is 0.339 e. The number of aromatic nitrogens is 4. The quantitative estimate of drug-likeness (QED) is 0.488. The zero-order chi connectivity index (χ0) is 19.9. The molecule has 4 rings (SSSR count). The minimum atomic E-state index is -4.37. The van der Waals surface area contributed by atoms with Crippen molar-refractivity contribution in [1.82, 2.24) is 19.5 Å². The summed E-state index contributed by atoms with van der Waals surface area (Å²) >= 11 is 6.02. The standard InChI is InChI=1S/C19H13ClF3N5/c1-11-25-15-8-13(20)4-7-16(15)28(11)18-10-24-9-17(27-18)26-14-5-2-12(3-6-14)19(21,22)23/h2-10H,1H3,(H,26,27). The number of anilines is 2. The van der Waals surface area contributed by atoms with Crippen molar-refractivity contribution in [1.29, 1.82) is 0 Å². The van der Waals surface area contributed by atoms with Crippen LogP contribution in [0, 0.1) is 6.92 Å². The first-order chi connectivity index (χ1) is 13.3. The number of rotatable bonds is 3. The molecule has 1 N–H and O–H groups in total. The van der Waals surface area contributed by atoms with Crippen LogP contribution in [0.5, 0.6) is 0 Å². The highest BCUT2D eigenvalue weighted by Crippen LogP contribution is 2.30. The van der Waals surface area contributed by atoms with Gasteiger partial charge in [0, 0.05) is 10.7 Å². The number of alkyl halides is 3. The van der Waals surface area contributed by atoms with Crippen LogP contribution in [0.4, 0.5) is 24.7 Å². The highest BCUT2D eigenvalue weighted by molar-refractivity contribution is 6.31. The van der Waals surface area contributed by atoms with Gasteiger partial charge in [0.25, 0.3) is 0 Å². The maximum absolute atomic E-state index is 12.7. The van der Waals surface area contributed by atoms with Crippen LogP contribution >= 0.6 is 11.6 Å². The van der Waals surface area contributed by atoms with Gasteiger partial charge in [-0.3, -0.25) is 9.55 Å². The third-order valence-corrected chi connectivity index (χ3v) is 4.35. The molecule has 0 fully saturated rings. The second-order valence-corrected chi connectivity index (χ2v) is 6.53. The van der Waals surface area contributed by atoms with Gasteiger partial charge < -0.3 is 5.32 Å². The molecule has 0 amide bonds. The largest absolute Gasteiger partial charge is 0.416 e. The van der Waals surface area contributed by atoms with Crippen LogP contribution in [0.25, 0.3) is 16.9 Å². The molecule has 2 aromatic carbocycles. The average molecular weight is 404 g/mol. The molecule has 9 heteroatoms. The summed E-state index contributed by atoms with van der Waals surface area (Å²) in [5, 5.41) is 3.55. The lowest BCUT2D eigenvalue weighted by Gasteiger charge is -2.11. The van der Waals surface area contributed by atoms with Crippen molar-refractivity contribution >= 4 is 34.1 Å². The number of hydrogen-bond donors (Lipinski definition) is 1. The number of fused-ring (bicyclic) bond motifs is 1. The topological polar surface area (TPSA) is 55.6 Å². The Balaban J connectivity index is 1.66. The van der Waals surface area contributed by atoms with Gasteiger partial charge in [-0.15, -0.1) is 0 Å². The molecule has 0 aliphatic rings. The number of imidazole rings is 1. The van der Waals surface area contributed by atoms with Crippen molar-refractivity contribution in [3.8, 4) is 5.82 Å². The summed E-state index contributed by atoms with van der Waals surface area (Å²) in [5.41, 5.74) is 1.31. The molecule has 4 aromatic rings. The van der Waals surface area contributed by atoms with Crippen molar-refractivity contribution in [3.05, 3.63) is 71.3 Å². The van der Waals surface area contributed by atoms with E-state index in [4.69, 9.17) is 11.6 Å². The second kappa shape index (κ2) is 6.79. The molecule has 142 valence electrons. The second-order valence-electron chi connectivity index (χ2n) is 6.09. The SMILES string of the molecule is Cc1nc2cc(Cl)ccc2n1-c1cncc(Nc2ccc(C(F)(F)F)cc2)n1. The molecule has 0 aliphatic carbocycles. The Kier molecular flexibility index (Phi) is 4.43. The van der Waals surface area contributed by atoms with Crippen LogP contribution in [-0.2, 0) is 6.18 Å². The third kappa shape index (κ3) is 3.50. The molecule has 0 atom stereocenters. The zero-order valence-corrected chi connectivity index (χ0v) is 15.3. The van der Waals surface area contributed by atoms with E-state index in [0.717, 1.165) is 23.2 Å². The first kappa shape index (κ1) is 18.2. The van der Waals surface area contributed by atoms with Gasteiger partial charge in [0.1, 0.15) is 5.82 Å². The lowest BCUT2D eigenvalue weighted by molar-refractivity contribution is -0.137. The number of hydrogen-bond acceptors (Lipinski definition) is 4. The van der Waals surface area contributed by atoms with E-state index in [1.54, 1.807) is 18.3 Å². The Hall–Kier alpha value is -3.13. The maximum Gasteiger partial charge on any atom is 0.416 e. The molecule has 2 heterocycles. The minimum absolute atomic E-state index is 0.396. The molecule has 2 aromatic heterocycles. The van der Waals surface area contributed by atoms with E-state index < -0.39 is 11.7 Å². The van der Waals surface area contributed by atoms with E-state index >= 15 is 0 Å². The Labute approximate surface area is 162 Å². The lowest BCUT2D eigenvalue weighted by Crippen LogP contribution is -2.05. The van der Waals surface area contributed by atoms with E-state index in [-0.39, 0.29) is 0 Å². The summed E-state index contributed by atoms with van der Waals surface area (Å²) in [7, 11) is 0. The first-order valence-electron chi connectivity index (χ1n) is 8.22. The molecule has 0 aliphatic heterocycles. The summed E-state index contributed by atoms with van der Waals surface area (Å²) in [6.07, 6.45) is -1.30. The Morgan fingerprint density at radius 1 is 1.00 bits per heavy atom. The van der Waals surface area contributed by atoms with Gasteiger partial charge in [-0.1, -0.05) is 11.6 Å². The summed E-state index contributed by atoms with van der Waals surface area (Å²) < 4.78 is 39.9. The van der Waals surface area contributed by atoms with Gasteiger partial charge in [-0.05, 0) is 49.4 Å². The number of aryl methyl sites for hydroxylation is 1. The van der Waals surface area contributed by atoms with Crippen molar-refractivity contribution in [2.45, 2.75) is 13.1 Å². The molecule has 0 bridgehead atoms. The first-order valence-corrected chi connectivity index (χ1v) is 8.60. The van der Waals surface area contributed by atoms with Gasteiger partial charge in [0.05, 0.1) is 29.0 Å². The Morgan fingerprint density at radius 3 is 2.46 bits per heavy atom. The van der Waals surface area contributed by atoms with Gasteiger partial charge in [-0.2, -0.15) is 13.2 Å². The van der Waals surface area contributed by atoms with Crippen molar-refractivity contribution in [2.75, 3.05) is 5.32 Å².